The first-order valence-corrected chi connectivity index (χ1v) is 7.12. The summed E-state index contributed by atoms with van der Waals surface area (Å²) in [5.74, 6) is 1.04. The van der Waals surface area contributed by atoms with Gasteiger partial charge in [0.25, 0.3) is 0 Å². The fourth-order valence-electron chi connectivity index (χ4n) is 2.27. The fourth-order valence-corrected chi connectivity index (χ4v) is 2.27. The van der Waals surface area contributed by atoms with Gasteiger partial charge >= 0.3 is 0 Å². The summed E-state index contributed by atoms with van der Waals surface area (Å²) in [5, 5.41) is 0. The number of hydrogen-bond donors (Lipinski definition) is 1. The lowest BCUT2D eigenvalue weighted by Crippen LogP contribution is -2.03. The molecule has 0 amide bonds. The highest BCUT2D eigenvalue weighted by Crippen LogP contribution is 2.25. The van der Waals surface area contributed by atoms with Gasteiger partial charge in [0.1, 0.15) is 5.75 Å². The fraction of sp³-hybridized carbons (Fsp3) is 0.625. The van der Waals surface area contributed by atoms with E-state index in [0.29, 0.717) is 6.54 Å². The molecule has 0 aliphatic carbocycles. The normalized spacial score (nSPS) is 10.7. The number of ether oxygens (including phenoxy) is 1. The summed E-state index contributed by atoms with van der Waals surface area (Å²) in [7, 11) is 0. The highest BCUT2D eigenvalue weighted by molar-refractivity contribution is 5.43. The molecule has 2 N–H and O–H groups in total. The van der Waals surface area contributed by atoms with E-state index in [-0.39, 0.29) is 0 Å². The van der Waals surface area contributed by atoms with Crippen LogP contribution in [0.2, 0.25) is 0 Å². The van der Waals surface area contributed by atoms with Gasteiger partial charge in [0.05, 0.1) is 6.61 Å². The second kappa shape index (κ2) is 8.15. The number of rotatable bonds is 8. The average molecular weight is 249 g/mol. The standard InChI is InChI=1S/C16H27NO/c1-4-5-6-7-8-9-18-16-13(2)10-15(12-17)11-14(16)3/h10-11H,4-9,12,17H2,1-3H3. The summed E-state index contributed by atoms with van der Waals surface area (Å²) in [6.07, 6.45) is 6.37. The van der Waals surface area contributed by atoms with E-state index in [2.05, 4.69) is 32.9 Å². The minimum atomic E-state index is 0.596. The van der Waals surface area contributed by atoms with Crippen LogP contribution in [0.25, 0.3) is 0 Å². The summed E-state index contributed by atoms with van der Waals surface area (Å²) in [4.78, 5) is 0. The summed E-state index contributed by atoms with van der Waals surface area (Å²) in [6.45, 7) is 7.85. The molecule has 1 aromatic rings. The predicted octanol–water partition coefficient (Wildman–Crippen LogP) is 4.11. The molecular weight excluding hydrogens is 222 g/mol. The lowest BCUT2D eigenvalue weighted by Gasteiger charge is -2.13. The molecule has 0 saturated heterocycles. The van der Waals surface area contributed by atoms with Crippen molar-refractivity contribution < 1.29 is 4.74 Å². The molecule has 0 saturated carbocycles. The number of nitrogens with two attached hydrogens (primary N) is 1. The van der Waals surface area contributed by atoms with Crippen LogP contribution in [-0.2, 0) is 6.54 Å². The highest BCUT2D eigenvalue weighted by Gasteiger charge is 2.05. The molecule has 1 rings (SSSR count). The van der Waals surface area contributed by atoms with Crippen LogP contribution in [0, 0.1) is 13.8 Å². The van der Waals surface area contributed by atoms with Crippen LogP contribution in [-0.4, -0.2) is 6.61 Å². The van der Waals surface area contributed by atoms with Gasteiger partial charge in [0.15, 0.2) is 0 Å². The molecule has 0 aliphatic rings. The summed E-state index contributed by atoms with van der Waals surface area (Å²) in [6, 6.07) is 4.25. The van der Waals surface area contributed by atoms with Gasteiger partial charge in [0.2, 0.25) is 0 Å². The third kappa shape index (κ3) is 4.69. The number of unbranched alkanes of at least 4 members (excludes halogenated alkanes) is 4. The van der Waals surface area contributed by atoms with E-state index < -0.39 is 0 Å². The van der Waals surface area contributed by atoms with Crippen molar-refractivity contribution in [3.8, 4) is 5.75 Å². The molecule has 0 radical (unpaired) electrons. The van der Waals surface area contributed by atoms with Crippen molar-refractivity contribution in [1.29, 1.82) is 0 Å². The molecule has 0 aromatic heterocycles. The Hall–Kier alpha value is -1.02. The SMILES string of the molecule is CCCCCCCOc1c(C)cc(CN)cc1C. The van der Waals surface area contributed by atoms with Crippen LogP contribution in [0.1, 0.15) is 55.7 Å². The van der Waals surface area contributed by atoms with Crippen molar-refractivity contribution in [2.24, 2.45) is 5.73 Å². The number of benzene rings is 1. The van der Waals surface area contributed by atoms with Gasteiger partial charge in [-0.2, -0.15) is 0 Å². The summed E-state index contributed by atoms with van der Waals surface area (Å²) >= 11 is 0. The van der Waals surface area contributed by atoms with E-state index in [1.807, 2.05) is 0 Å². The van der Waals surface area contributed by atoms with E-state index >= 15 is 0 Å². The van der Waals surface area contributed by atoms with Crippen LogP contribution in [0.4, 0.5) is 0 Å². The number of aryl methyl sites for hydroxylation is 2. The lowest BCUT2D eigenvalue weighted by atomic mass is 10.1. The maximum Gasteiger partial charge on any atom is 0.125 e. The minimum absolute atomic E-state index is 0.596. The molecule has 0 fully saturated rings. The van der Waals surface area contributed by atoms with E-state index in [1.54, 1.807) is 0 Å². The van der Waals surface area contributed by atoms with Gasteiger partial charge in [-0.3, -0.25) is 0 Å². The Balaban J connectivity index is 2.42. The van der Waals surface area contributed by atoms with E-state index in [1.165, 1.54) is 42.4 Å². The quantitative estimate of drug-likeness (QED) is 0.704. The van der Waals surface area contributed by atoms with Gasteiger partial charge < -0.3 is 10.5 Å². The van der Waals surface area contributed by atoms with Crippen LogP contribution < -0.4 is 10.5 Å². The van der Waals surface area contributed by atoms with E-state index in [9.17, 15) is 0 Å². The molecule has 0 bridgehead atoms. The largest absolute Gasteiger partial charge is 0.493 e. The maximum atomic E-state index is 5.91. The van der Waals surface area contributed by atoms with Gasteiger partial charge in [-0.1, -0.05) is 44.7 Å². The topological polar surface area (TPSA) is 35.2 Å². The molecule has 18 heavy (non-hydrogen) atoms. The third-order valence-corrected chi connectivity index (χ3v) is 3.25. The predicted molar refractivity (Wildman–Crippen MR) is 78.1 cm³/mol. The molecule has 2 nitrogen and oxygen atoms in total. The summed E-state index contributed by atoms with van der Waals surface area (Å²) < 4.78 is 5.91. The van der Waals surface area contributed by atoms with Crippen molar-refractivity contribution in [2.75, 3.05) is 6.61 Å². The minimum Gasteiger partial charge on any atom is -0.493 e. The van der Waals surface area contributed by atoms with Crippen molar-refractivity contribution in [1.82, 2.24) is 0 Å². The molecule has 0 atom stereocenters. The zero-order valence-corrected chi connectivity index (χ0v) is 12.1. The Morgan fingerprint density at radius 2 is 1.61 bits per heavy atom. The first-order valence-electron chi connectivity index (χ1n) is 7.12. The first-order chi connectivity index (χ1) is 8.69. The third-order valence-electron chi connectivity index (χ3n) is 3.25. The molecule has 0 unspecified atom stereocenters. The van der Waals surface area contributed by atoms with Crippen LogP contribution in [0.5, 0.6) is 5.75 Å². The lowest BCUT2D eigenvalue weighted by molar-refractivity contribution is 0.300. The van der Waals surface area contributed by atoms with Crippen molar-refractivity contribution >= 4 is 0 Å². The van der Waals surface area contributed by atoms with Crippen LogP contribution >= 0.6 is 0 Å². The van der Waals surface area contributed by atoms with Crippen LogP contribution in [0.15, 0.2) is 12.1 Å². The van der Waals surface area contributed by atoms with Crippen molar-refractivity contribution in [3.63, 3.8) is 0 Å². The molecule has 102 valence electrons. The number of hydrogen-bond acceptors (Lipinski definition) is 2. The van der Waals surface area contributed by atoms with Crippen LogP contribution in [0.3, 0.4) is 0 Å². The maximum absolute atomic E-state index is 5.91. The Labute approximate surface area is 112 Å². The Morgan fingerprint density at radius 1 is 1.00 bits per heavy atom. The Morgan fingerprint density at radius 3 is 2.17 bits per heavy atom. The Kier molecular flexibility index (Phi) is 6.81. The van der Waals surface area contributed by atoms with Gasteiger partial charge in [0, 0.05) is 6.54 Å². The molecular formula is C16H27NO. The van der Waals surface area contributed by atoms with Gasteiger partial charge in [-0.15, -0.1) is 0 Å². The second-order valence-corrected chi connectivity index (χ2v) is 5.03. The zero-order valence-electron chi connectivity index (χ0n) is 12.1. The monoisotopic (exact) mass is 249 g/mol. The second-order valence-electron chi connectivity index (χ2n) is 5.03. The van der Waals surface area contributed by atoms with Gasteiger partial charge in [-0.25, -0.2) is 0 Å². The highest BCUT2D eigenvalue weighted by atomic mass is 16.5. The zero-order chi connectivity index (χ0) is 13.4. The average Bonchev–Trinajstić information content (AvgIpc) is 2.35. The smallest absolute Gasteiger partial charge is 0.125 e. The van der Waals surface area contributed by atoms with Gasteiger partial charge in [-0.05, 0) is 37.0 Å². The first kappa shape index (κ1) is 15.0. The van der Waals surface area contributed by atoms with E-state index in [0.717, 1.165) is 18.8 Å². The molecule has 0 aliphatic heterocycles. The molecule has 0 heterocycles. The molecule has 2 heteroatoms. The van der Waals surface area contributed by atoms with Crippen molar-refractivity contribution in [2.45, 2.75) is 59.4 Å². The summed E-state index contributed by atoms with van der Waals surface area (Å²) in [5.41, 5.74) is 9.24. The van der Waals surface area contributed by atoms with Crippen molar-refractivity contribution in [3.05, 3.63) is 28.8 Å². The molecule has 0 spiro atoms. The molecule has 1 aromatic carbocycles. The Bertz CT molecular complexity index is 337. The van der Waals surface area contributed by atoms with E-state index in [4.69, 9.17) is 10.5 Å².